The van der Waals surface area contributed by atoms with Crippen molar-refractivity contribution in [1.82, 2.24) is 0 Å². The van der Waals surface area contributed by atoms with Crippen molar-refractivity contribution in [3.63, 3.8) is 0 Å². The molecule has 160 valence electrons. The molecule has 6 nitrogen and oxygen atoms in total. The van der Waals surface area contributed by atoms with Crippen LogP contribution in [0.25, 0.3) is 0 Å². The largest absolute Gasteiger partial charge is 0.497 e. The number of rotatable bonds is 3. The molecule has 0 radical (unpaired) electrons. The van der Waals surface area contributed by atoms with E-state index in [2.05, 4.69) is 45.1 Å². The number of nitrogens with zero attached hydrogens (tertiary/aromatic N) is 3. The van der Waals surface area contributed by atoms with Gasteiger partial charge in [0.25, 0.3) is 0 Å². The zero-order chi connectivity index (χ0) is 23.0. The average molecular weight is 417 g/mol. The number of fused-ring (bicyclic) bond motifs is 1. The van der Waals surface area contributed by atoms with Crippen molar-refractivity contribution >= 4 is 0 Å². The van der Waals surface area contributed by atoms with Gasteiger partial charge in [0.1, 0.15) is 17.6 Å². The normalized spacial score (nSPS) is 24.7. The van der Waals surface area contributed by atoms with E-state index in [0.717, 1.165) is 18.4 Å². The first-order valence-corrected chi connectivity index (χ1v) is 10.3. The van der Waals surface area contributed by atoms with Gasteiger partial charge in [0.2, 0.25) is 0 Å². The molecule has 0 saturated heterocycles. The Kier molecular flexibility index (Phi) is 5.75. The maximum absolute atomic E-state index is 10.3. The molecule has 2 aliphatic rings. The SMILES string of the molecule is COc1ccc(OC)c([C@H]2[C@H]3C[C@H](C(C)(C)C)CC=C3C(C#N)=C(N)C2(C#N)C#N)c1. The number of nitriles is 3. The van der Waals surface area contributed by atoms with Crippen LogP contribution in [0.15, 0.2) is 41.1 Å². The van der Waals surface area contributed by atoms with Gasteiger partial charge in [-0.05, 0) is 53.9 Å². The summed E-state index contributed by atoms with van der Waals surface area (Å²) in [6, 6.07) is 11.9. The predicted octanol–water partition coefficient (Wildman–Crippen LogP) is 4.57. The molecule has 0 spiro atoms. The topological polar surface area (TPSA) is 116 Å². The van der Waals surface area contributed by atoms with Crippen LogP contribution in [0.4, 0.5) is 0 Å². The van der Waals surface area contributed by atoms with Crippen molar-refractivity contribution in [3.05, 3.63) is 46.7 Å². The van der Waals surface area contributed by atoms with Crippen LogP contribution in [0.3, 0.4) is 0 Å². The zero-order valence-corrected chi connectivity index (χ0v) is 18.7. The van der Waals surface area contributed by atoms with Crippen LogP contribution in [0.5, 0.6) is 11.5 Å². The summed E-state index contributed by atoms with van der Waals surface area (Å²) in [5.74, 6) is 0.671. The fraction of sp³-hybridized carbons (Fsp3) is 0.480. The number of benzene rings is 1. The second kappa shape index (κ2) is 8.01. The van der Waals surface area contributed by atoms with E-state index in [1.807, 2.05) is 6.07 Å². The van der Waals surface area contributed by atoms with Crippen LogP contribution < -0.4 is 15.2 Å². The summed E-state index contributed by atoms with van der Waals surface area (Å²) in [4.78, 5) is 0. The minimum absolute atomic E-state index is 0.0200. The second-order valence-corrected chi connectivity index (χ2v) is 9.32. The Balaban J connectivity index is 2.37. The quantitative estimate of drug-likeness (QED) is 0.771. The predicted molar refractivity (Wildman–Crippen MR) is 117 cm³/mol. The molecule has 0 amide bonds. The standard InChI is InChI=1S/C25H28N4O2/c1-24(2,3)15-6-8-17-18(10-15)22(19-11-16(30-4)7-9-21(19)31-5)25(13-27,14-28)23(29)20(17)12-26/h7-9,11,15,18,22H,6,10,29H2,1-5H3/t15-,18+,22-/m1/s1. The van der Waals surface area contributed by atoms with Crippen molar-refractivity contribution < 1.29 is 9.47 Å². The van der Waals surface area contributed by atoms with Gasteiger partial charge in [-0.25, -0.2) is 0 Å². The minimum Gasteiger partial charge on any atom is -0.497 e. The Hall–Kier alpha value is -3.43. The van der Waals surface area contributed by atoms with Gasteiger partial charge in [0, 0.05) is 11.5 Å². The third kappa shape index (κ3) is 3.41. The van der Waals surface area contributed by atoms with Crippen molar-refractivity contribution in [2.45, 2.75) is 39.5 Å². The lowest BCUT2D eigenvalue weighted by Gasteiger charge is -2.47. The number of hydrogen-bond acceptors (Lipinski definition) is 6. The molecule has 3 atom stereocenters. The van der Waals surface area contributed by atoms with Gasteiger partial charge in [-0.15, -0.1) is 0 Å². The van der Waals surface area contributed by atoms with Crippen LogP contribution >= 0.6 is 0 Å². The van der Waals surface area contributed by atoms with E-state index in [4.69, 9.17) is 15.2 Å². The summed E-state index contributed by atoms with van der Waals surface area (Å²) < 4.78 is 11.1. The Morgan fingerprint density at radius 1 is 1.10 bits per heavy atom. The fourth-order valence-corrected chi connectivity index (χ4v) is 5.02. The number of methoxy groups -OCH3 is 2. The summed E-state index contributed by atoms with van der Waals surface area (Å²) in [5.41, 5.74) is 6.56. The average Bonchev–Trinajstić information content (AvgIpc) is 2.77. The van der Waals surface area contributed by atoms with Crippen LogP contribution in [0.1, 0.15) is 45.1 Å². The molecule has 0 unspecified atom stereocenters. The first kappa shape index (κ1) is 22.3. The van der Waals surface area contributed by atoms with E-state index >= 15 is 0 Å². The lowest BCUT2D eigenvalue weighted by atomic mass is 9.54. The molecule has 2 aliphatic carbocycles. The fourth-order valence-electron chi connectivity index (χ4n) is 5.02. The molecule has 31 heavy (non-hydrogen) atoms. The van der Waals surface area contributed by atoms with E-state index in [9.17, 15) is 15.8 Å². The molecule has 0 aromatic heterocycles. The van der Waals surface area contributed by atoms with Crippen LogP contribution in [0, 0.1) is 56.7 Å². The third-order valence-corrected chi connectivity index (χ3v) is 6.87. The van der Waals surface area contributed by atoms with Gasteiger partial charge >= 0.3 is 0 Å². The number of allylic oxidation sites excluding steroid dienone is 4. The first-order chi connectivity index (χ1) is 14.7. The van der Waals surface area contributed by atoms with E-state index in [1.54, 1.807) is 26.4 Å². The Morgan fingerprint density at radius 2 is 1.77 bits per heavy atom. The van der Waals surface area contributed by atoms with Crippen molar-refractivity contribution in [2.24, 2.45) is 28.4 Å². The van der Waals surface area contributed by atoms with Crippen LogP contribution in [-0.4, -0.2) is 14.2 Å². The summed E-state index contributed by atoms with van der Waals surface area (Å²) in [5, 5.41) is 30.4. The molecular weight excluding hydrogens is 388 g/mol. The van der Waals surface area contributed by atoms with E-state index < -0.39 is 11.3 Å². The van der Waals surface area contributed by atoms with Crippen LogP contribution in [0.2, 0.25) is 0 Å². The highest BCUT2D eigenvalue weighted by atomic mass is 16.5. The van der Waals surface area contributed by atoms with Gasteiger partial charge in [-0.2, -0.15) is 15.8 Å². The molecular formula is C25H28N4O2. The third-order valence-electron chi connectivity index (χ3n) is 6.87. The monoisotopic (exact) mass is 416 g/mol. The Bertz CT molecular complexity index is 1060. The Morgan fingerprint density at radius 3 is 2.29 bits per heavy atom. The highest BCUT2D eigenvalue weighted by Crippen LogP contribution is 2.59. The molecule has 0 bridgehead atoms. The maximum atomic E-state index is 10.3. The molecule has 0 heterocycles. The van der Waals surface area contributed by atoms with Crippen LogP contribution in [-0.2, 0) is 0 Å². The highest BCUT2D eigenvalue weighted by Gasteiger charge is 2.55. The van der Waals surface area contributed by atoms with Gasteiger partial charge < -0.3 is 15.2 Å². The molecule has 0 saturated carbocycles. The van der Waals surface area contributed by atoms with Crippen molar-refractivity contribution in [1.29, 1.82) is 15.8 Å². The molecule has 2 N–H and O–H groups in total. The van der Waals surface area contributed by atoms with Crippen molar-refractivity contribution in [3.8, 4) is 29.7 Å². The summed E-state index contributed by atoms with van der Waals surface area (Å²) >= 11 is 0. The number of nitrogens with two attached hydrogens (primary N) is 1. The zero-order valence-electron chi connectivity index (χ0n) is 18.7. The van der Waals surface area contributed by atoms with E-state index in [1.165, 1.54) is 0 Å². The Labute approximate surface area is 184 Å². The summed E-state index contributed by atoms with van der Waals surface area (Å²) in [6.07, 6.45) is 3.64. The number of ether oxygens (including phenoxy) is 2. The summed E-state index contributed by atoms with van der Waals surface area (Å²) in [7, 11) is 3.13. The number of hydrogen-bond donors (Lipinski definition) is 1. The van der Waals surface area contributed by atoms with Gasteiger partial charge in [-0.1, -0.05) is 26.8 Å². The molecule has 3 rings (SSSR count). The molecule has 1 aromatic carbocycles. The lowest BCUT2D eigenvalue weighted by Crippen LogP contribution is -2.44. The minimum atomic E-state index is -1.69. The molecule has 6 heteroatoms. The highest BCUT2D eigenvalue weighted by molar-refractivity contribution is 5.61. The van der Waals surface area contributed by atoms with E-state index in [-0.39, 0.29) is 22.6 Å². The maximum Gasteiger partial charge on any atom is 0.191 e. The smallest absolute Gasteiger partial charge is 0.191 e. The van der Waals surface area contributed by atoms with Gasteiger partial charge in [0.05, 0.1) is 37.6 Å². The van der Waals surface area contributed by atoms with Gasteiger partial charge in [0.15, 0.2) is 5.41 Å². The van der Waals surface area contributed by atoms with Gasteiger partial charge in [-0.3, -0.25) is 0 Å². The molecule has 0 fully saturated rings. The first-order valence-electron chi connectivity index (χ1n) is 10.3. The summed E-state index contributed by atoms with van der Waals surface area (Å²) in [6.45, 7) is 6.58. The lowest BCUT2D eigenvalue weighted by molar-refractivity contribution is 0.169. The second-order valence-electron chi connectivity index (χ2n) is 9.32. The molecule has 0 aliphatic heterocycles. The van der Waals surface area contributed by atoms with Crippen molar-refractivity contribution in [2.75, 3.05) is 14.2 Å². The van der Waals surface area contributed by atoms with E-state index in [0.29, 0.717) is 23.0 Å². The molecule has 1 aromatic rings.